The molecule has 6 heteroatoms. The van der Waals surface area contributed by atoms with Gasteiger partial charge in [0.05, 0.1) is 5.69 Å². The first-order valence-corrected chi connectivity index (χ1v) is 10.5. The van der Waals surface area contributed by atoms with Gasteiger partial charge < -0.3 is 10.6 Å². The number of amides is 2. The van der Waals surface area contributed by atoms with Crippen LogP contribution in [-0.2, 0) is 16.0 Å². The summed E-state index contributed by atoms with van der Waals surface area (Å²) in [5.41, 5.74) is 3.31. The summed E-state index contributed by atoms with van der Waals surface area (Å²) in [4.78, 5) is 29.0. The van der Waals surface area contributed by atoms with Gasteiger partial charge in [0.25, 0.3) is 0 Å². The molecule has 27 heavy (non-hydrogen) atoms. The Hall–Kier alpha value is -2.21. The Morgan fingerprint density at radius 3 is 2.63 bits per heavy atom. The van der Waals surface area contributed by atoms with E-state index in [1.807, 2.05) is 5.38 Å². The summed E-state index contributed by atoms with van der Waals surface area (Å²) >= 11 is 1.62. The molecule has 2 N–H and O–H groups in total. The van der Waals surface area contributed by atoms with Crippen molar-refractivity contribution in [1.29, 1.82) is 0 Å². The van der Waals surface area contributed by atoms with Gasteiger partial charge in [0, 0.05) is 29.8 Å². The number of rotatable bonds is 7. The van der Waals surface area contributed by atoms with Crippen LogP contribution < -0.4 is 10.6 Å². The number of nitrogens with one attached hydrogen (secondary N) is 2. The lowest BCUT2D eigenvalue weighted by atomic mass is 10.1. The Labute approximate surface area is 164 Å². The van der Waals surface area contributed by atoms with Crippen LogP contribution in [0.5, 0.6) is 0 Å². The minimum Gasteiger partial charge on any atom is -0.354 e. The summed E-state index contributed by atoms with van der Waals surface area (Å²) < 4.78 is 0. The third kappa shape index (κ3) is 5.39. The third-order valence-electron chi connectivity index (χ3n) is 5.01. The van der Waals surface area contributed by atoms with Crippen molar-refractivity contribution in [3.63, 3.8) is 0 Å². The third-order valence-corrected chi connectivity index (χ3v) is 5.95. The highest BCUT2D eigenvalue weighted by atomic mass is 32.1. The molecule has 144 valence electrons. The molecule has 1 saturated carbocycles. The fourth-order valence-corrected chi connectivity index (χ4v) is 4.16. The average molecular weight is 386 g/mol. The first kappa shape index (κ1) is 19.5. The molecule has 1 fully saturated rings. The minimum atomic E-state index is -0.503. The quantitative estimate of drug-likeness (QED) is 0.767. The summed E-state index contributed by atoms with van der Waals surface area (Å²) in [6.45, 7) is 4.32. The molecule has 0 radical (unpaired) electrons. The molecule has 3 rings (SSSR count). The van der Waals surface area contributed by atoms with Gasteiger partial charge in [-0.1, -0.05) is 42.7 Å². The molecule has 2 amide bonds. The summed E-state index contributed by atoms with van der Waals surface area (Å²) in [7, 11) is 0. The molecular weight excluding hydrogens is 358 g/mol. The van der Waals surface area contributed by atoms with Crippen molar-refractivity contribution in [2.24, 2.45) is 5.92 Å². The largest absolute Gasteiger partial charge is 0.354 e. The predicted octanol–water partition coefficient (Wildman–Crippen LogP) is 3.47. The number of aryl methyl sites for hydroxylation is 1. The standard InChI is InChI=1S/C21H27N3O2S/c1-14-7-9-17(10-8-14)21-24-18(13-27-21)11-12-22-19(25)15(2)23-20(26)16-5-3-4-6-16/h7-10,13,15-16H,3-6,11-12H2,1-2H3,(H,22,25)(H,23,26). The van der Waals surface area contributed by atoms with Crippen LogP contribution in [0.3, 0.4) is 0 Å². The Morgan fingerprint density at radius 2 is 1.93 bits per heavy atom. The van der Waals surface area contributed by atoms with Crippen molar-refractivity contribution < 1.29 is 9.59 Å². The zero-order chi connectivity index (χ0) is 19.2. The van der Waals surface area contributed by atoms with E-state index in [0.29, 0.717) is 13.0 Å². The van der Waals surface area contributed by atoms with Crippen molar-refractivity contribution in [3.8, 4) is 10.6 Å². The number of thiazole rings is 1. The number of nitrogens with zero attached hydrogens (tertiary/aromatic N) is 1. The Morgan fingerprint density at radius 1 is 1.22 bits per heavy atom. The van der Waals surface area contributed by atoms with Crippen LogP contribution in [0, 0.1) is 12.8 Å². The van der Waals surface area contributed by atoms with Crippen LogP contribution in [0.4, 0.5) is 0 Å². The number of carbonyl (C=O) groups is 2. The molecule has 1 atom stereocenters. The maximum Gasteiger partial charge on any atom is 0.242 e. The lowest BCUT2D eigenvalue weighted by Gasteiger charge is -2.16. The smallest absolute Gasteiger partial charge is 0.242 e. The van der Waals surface area contributed by atoms with E-state index in [0.717, 1.165) is 41.9 Å². The van der Waals surface area contributed by atoms with Crippen LogP contribution in [0.15, 0.2) is 29.6 Å². The lowest BCUT2D eigenvalue weighted by molar-refractivity contribution is -0.130. The first-order chi connectivity index (χ1) is 13.0. The van der Waals surface area contributed by atoms with E-state index in [-0.39, 0.29) is 17.7 Å². The number of benzene rings is 1. The maximum absolute atomic E-state index is 12.2. The zero-order valence-corrected chi connectivity index (χ0v) is 16.8. The van der Waals surface area contributed by atoms with Crippen LogP contribution in [0.25, 0.3) is 10.6 Å². The summed E-state index contributed by atoms with van der Waals surface area (Å²) in [6.07, 6.45) is 4.77. The first-order valence-electron chi connectivity index (χ1n) is 9.62. The van der Waals surface area contributed by atoms with Crippen LogP contribution in [-0.4, -0.2) is 29.4 Å². The van der Waals surface area contributed by atoms with E-state index in [4.69, 9.17) is 0 Å². The highest BCUT2D eigenvalue weighted by Gasteiger charge is 2.25. The minimum absolute atomic E-state index is 0.0115. The Kier molecular flexibility index (Phi) is 6.61. The molecule has 0 saturated heterocycles. The second-order valence-electron chi connectivity index (χ2n) is 7.26. The molecule has 0 aliphatic heterocycles. The van der Waals surface area contributed by atoms with Crippen molar-refractivity contribution in [3.05, 3.63) is 40.9 Å². The van der Waals surface area contributed by atoms with Crippen LogP contribution in [0.1, 0.15) is 43.9 Å². The van der Waals surface area contributed by atoms with Gasteiger partial charge in [0.2, 0.25) is 11.8 Å². The van der Waals surface area contributed by atoms with E-state index in [2.05, 4.69) is 46.8 Å². The van der Waals surface area contributed by atoms with Crippen LogP contribution >= 0.6 is 11.3 Å². The molecule has 0 bridgehead atoms. The van der Waals surface area contributed by atoms with E-state index in [1.54, 1.807) is 18.3 Å². The zero-order valence-electron chi connectivity index (χ0n) is 16.0. The van der Waals surface area contributed by atoms with Crippen molar-refractivity contribution in [1.82, 2.24) is 15.6 Å². The molecule has 1 aliphatic carbocycles. The molecule has 0 spiro atoms. The van der Waals surface area contributed by atoms with Gasteiger partial charge in [-0.3, -0.25) is 9.59 Å². The van der Waals surface area contributed by atoms with E-state index in [1.165, 1.54) is 5.56 Å². The number of hydrogen-bond donors (Lipinski definition) is 2. The number of hydrogen-bond acceptors (Lipinski definition) is 4. The fraction of sp³-hybridized carbons (Fsp3) is 0.476. The van der Waals surface area contributed by atoms with Gasteiger partial charge in [0.1, 0.15) is 11.0 Å². The van der Waals surface area contributed by atoms with Crippen LogP contribution in [0.2, 0.25) is 0 Å². The number of carbonyl (C=O) groups excluding carboxylic acids is 2. The highest BCUT2D eigenvalue weighted by molar-refractivity contribution is 7.13. The molecule has 1 heterocycles. The Balaban J connectivity index is 1.43. The maximum atomic E-state index is 12.2. The van der Waals surface area contributed by atoms with E-state index in [9.17, 15) is 9.59 Å². The van der Waals surface area contributed by atoms with Gasteiger partial charge >= 0.3 is 0 Å². The topological polar surface area (TPSA) is 71.1 Å². The second kappa shape index (κ2) is 9.13. The summed E-state index contributed by atoms with van der Waals surface area (Å²) in [5, 5.41) is 8.76. The van der Waals surface area contributed by atoms with Gasteiger partial charge in [-0.2, -0.15) is 0 Å². The fourth-order valence-electron chi connectivity index (χ4n) is 3.30. The highest BCUT2D eigenvalue weighted by Crippen LogP contribution is 2.25. The number of aromatic nitrogens is 1. The summed E-state index contributed by atoms with van der Waals surface area (Å²) in [5.74, 6) is -0.0526. The second-order valence-corrected chi connectivity index (χ2v) is 8.12. The summed E-state index contributed by atoms with van der Waals surface area (Å²) in [6, 6.07) is 7.81. The predicted molar refractivity (Wildman–Crippen MR) is 109 cm³/mol. The molecule has 1 aromatic carbocycles. The lowest BCUT2D eigenvalue weighted by Crippen LogP contribution is -2.46. The molecule has 2 aromatic rings. The molecule has 1 aliphatic rings. The normalized spacial score (nSPS) is 15.5. The Bertz CT molecular complexity index is 779. The van der Waals surface area contributed by atoms with Gasteiger partial charge in [0.15, 0.2) is 0 Å². The average Bonchev–Trinajstić information content (AvgIpc) is 3.34. The van der Waals surface area contributed by atoms with Gasteiger partial charge in [-0.05, 0) is 26.7 Å². The van der Waals surface area contributed by atoms with Crippen molar-refractivity contribution in [2.45, 2.75) is 52.0 Å². The molecule has 5 nitrogen and oxygen atoms in total. The SMILES string of the molecule is Cc1ccc(-c2nc(CCNC(=O)C(C)NC(=O)C3CCCC3)cs2)cc1. The molecule has 1 aromatic heterocycles. The van der Waals surface area contributed by atoms with Gasteiger partial charge in [-0.25, -0.2) is 4.98 Å². The molecular formula is C21H27N3O2S. The van der Waals surface area contributed by atoms with E-state index >= 15 is 0 Å². The van der Waals surface area contributed by atoms with Crippen molar-refractivity contribution in [2.75, 3.05) is 6.54 Å². The van der Waals surface area contributed by atoms with E-state index < -0.39 is 6.04 Å². The van der Waals surface area contributed by atoms with Gasteiger partial charge in [-0.15, -0.1) is 11.3 Å². The molecule has 1 unspecified atom stereocenters. The van der Waals surface area contributed by atoms with Crippen molar-refractivity contribution >= 4 is 23.2 Å². The monoisotopic (exact) mass is 385 g/mol.